The quantitative estimate of drug-likeness (QED) is 0.159. The molecule has 45 heavy (non-hydrogen) atoms. The highest BCUT2D eigenvalue weighted by Crippen LogP contribution is 2.35. The molecular weight excluding hydrogens is 582 g/mol. The molecule has 0 aliphatic carbocycles. The number of amides is 1. The van der Waals surface area contributed by atoms with Gasteiger partial charge in [0.2, 0.25) is 5.88 Å². The number of aryl methyl sites for hydroxylation is 1. The van der Waals surface area contributed by atoms with E-state index in [0.29, 0.717) is 23.4 Å². The molecule has 2 aromatic heterocycles. The maximum Gasteiger partial charge on any atom is 0.270 e. The van der Waals surface area contributed by atoms with E-state index < -0.39 is 23.1 Å². The van der Waals surface area contributed by atoms with E-state index in [9.17, 15) is 14.0 Å². The van der Waals surface area contributed by atoms with Gasteiger partial charge < -0.3 is 25.9 Å². The second-order valence-corrected chi connectivity index (χ2v) is 10.2. The van der Waals surface area contributed by atoms with Crippen molar-refractivity contribution >= 4 is 34.3 Å². The average Bonchev–Trinajstić information content (AvgIpc) is 3.41. The summed E-state index contributed by atoms with van der Waals surface area (Å²) in [5.41, 5.74) is 6.79. The molecule has 3 aromatic carbocycles. The molecule has 0 spiro atoms. The maximum atomic E-state index is 15.3. The fraction of sp³-hybridized carbons (Fsp3) is 0.152. The molecule has 0 saturated heterocycles. The number of pyridine rings is 1. The van der Waals surface area contributed by atoms with Gasteiger partial charge in [0.1, 0.15) is 17.1 Å². The number of ether oxygens (including phenoxy) is 2. The van der Waals surface area contributed by atoms with E-state index in [2.05, 4.69) is 10.4 Å². The minimum atomic E-state index is -0.791. The van der Waals surface area contributed by atoms with E-state index in [4.69, 9.17) is 20.6 Å². The number of fused-ring (bicyclic) bond motifs is 1. The summed E-state index contributed by atoms with van der Waals surface area (Å²) in [6.45, 7) is 6.12. The molecular formula is C33H30F2N6O4. The lowest BCUT2D eigenvalue weighted by molar-refractivity contribution is 0.102. The topological polar surface area (TPSA) is 137 Å². The number of nitrogens with two attached hydrogens (primary N) is 1. The Morgan fingerprint density at radius 2 is 1.80 bits per heavy atom. The molecule has 0 unspecified atom stereocenters. The summed E-state index contributed by atoms with van der Waals surface area (Å²) in [5.74, 6) is -1.80. The Morgan fingerprint density at radius 3 is 2.44 bits per heavy atom. The smallest absolute Gasteiger partial charge is 0.270 e. The van der Waals surface area contributed by atoms with Crippen molar-refractivity contribution in [1.29, 1.82) is 5.41 Å². The van der Waals surface area contributed by atoms with Gasteiger partial charge in [0.05, 0.1) is 23.5 Å². The first-order valence-corrected chi connectivity index (χ1v) is 14.0. The number of carbonyl (C=O) groups excluding carboxylic acids is 1. The number of aromatic nitrogens is 3. The number of halogens is 2. The predicted molar refractivity (Wildman–Crippen MR) is 169 cm³/mol. The highest BCUT2D eigenvalue weighted by Gasteiger charge is 2.20. The summed E-state index contributed by atoms with van der Waals surface area (Å²) < 4.78 is 43.5. The number of hydrogen-bond donors (Lipinski definition) is 3. The van der Waals surface area contributed by atoms with E-state index in [0.717, 1.165) is 23.2 Å². The van der Waals surface area contributed by atoms with Gasteiger partial charge in [-0.25, -0.2) is 13.3 Å². The molecule has 4 N–H and O–H groups in total. The first kappa shape index (κ1) is 30.7. The van der Waals surface area contributed by atoms with E-state index in [1.807, 2.05) is 6.92 Å². The van der Waals surface area contributed by atoms with Crippen LogP contribution < -0.4 is 26.1 Å². The van der Waals surface area contributed by atoms with Crippen molar-refractivity contribution in [1.82, 2.24) is 14.3 Å². The molecule has 5 aromatic rings. The molecule has 0 saturated carbocycles. The van der Waals surface area contributed by atoms with Crippen LogP contribution in [0.2, 0.25) is 0 Å². The van der Waals surface area contributed by atoms with Crippen LogP contribution in [0.15, 0.2) is 83.9 Å². The molecule has 230 valence electrons. The van der Waals surface area contributed by atoms with Crippen LogP contribution in [0.25, 0.3) is 22.2 Å². The third-order valence-corrected chi connectivity index (χ3v) is 6.83. The van der Waals surface area contributed by atoms with Gasteiger partial charge in [0.25, 0.3) is 11.5 Å². The molecule has 0 aliphatic heterocycles. The molecule has 1 amide bonds. The van der Waals surface area contributed by atoms with E-state index in [1.54, 1.807) is 36.9 Å². The van der Waals surface area contributed by atoms with Crippen LogP contribution in [0.4, 0.5) is 14.5 Å². The van der Waals surface area contributed by atoms with Crippen LogP contribution in [-0.4, -0.2) is 32.6 Å². The van der Waals surface area contributed by atoms with Crippen LogP contribution in [-0.2, 0) is 6.54 Å². The van der Waals surface area contributed by atoms with E-state index in [-0.39, 0.29) is 34.7 Å². The molecule has 0 fully saturated rings. The SMILES string of the molecule is CCn1ncc2cc(Oc3ccc(NC(=O)c4ccc(OC(C)C)n(-c5ccc(F)cc5)c4=O)cc3F)c(/C(C=N)=C/N)cc21. The maximum absolute atomic E-state index is 15.3. The average molecular weight is 613 g/mol. The summed E-state index contributed by atoms with van der Waals surface area (Å²) in [4.78, 5) is 26.7. The Kier molecular flexibility index (Phi) is 8.75. The lowest BCUT2D eigenvalue weighted by atomic mass is 10.0. The van der Waals surface area contributed by atoms with E-state index >= 15 is 4.39 Å². The molecule has 0 radical (unpaired) electrons. The Bertz CT molecular complexity index is 2000. The van der Waals surface area contributed by atoms with Crippen molar-refractivity contribution in [3.05, 3.63) is 112 Å². The number of rotatable bonds is 10. The fourth-order valence-corrected chi connectivity index (χ4v) is 4.72. The molecule has 2 heterocycles. The monoisotopic (exact) mass is 612 g/mol. The summed E-state index contributed by atoms with van der Waals surface area (Å²) in [6, 6.07) is 15.2. The van der Waals surface area contributed by atoms with Crippen molar-refractivity contribution in [2.75, 3.05) is 5.32 Å². The summed E-state index contributed by atoms with van der Waals surface area (Å²) in [7, 11) is 0. The summed E-state index contributed by atoms with van der Waals surface area (Å²) in [6.07, 6.45) is 3.70. The van der Waals surface area contributed by atoms with Gasteiger partial charge in [-0.15, -0.1) is 0 Å². The second kappa shape index (κ2) is 12.8. The molecule has 5 rings (SSSR count). The van der Waals surface area contributed by atoms with Gasteiger partial charge in [0, 0.05) is 47.2 Å². The molecule has 10 nitrogen and oxygen atoms in total. The van der Waals surface area contributed by atoms with Gasteiger partial charge in [-0.2, -0.15) is 5.10 Å². The molecule has 0 aliphatic rings. The third-order valence-electron chi connectivity index (χ3n) is 6.83. The minimum Gasteiger partial charge on any atom is -0.476 e. The highest BCUT2D eigenvalue weighted by atomic mass is 19.1. The largest absolute Gasteiger partial charge is 0.476 e. The lowest BCUT2D eigenvalue weighted by Gasteiger charge is -2.17. The van der Waals surface area contributed by atoms with Crippen LogP contribution in [0.5, 0.6) is 17.4 Å². The number of anilines is 1. The lowest BCUT2D eigenvalue weighted by Crippen LogP contribution is -2.29. The number of hydrogen-bond acceptors (Lipinski definition) is 7. The van der Waals surface area contributed by atoms with Gasteiger partial charge in [0.15, 0.2) is 11.6 Å². The summed E-state index contributed by atoms with van der Waals surface area (Å²) in [5, 5.41) is 15.4. The van der Waals surface area contributed by atoms with Gasteiger partial charge >= 0.3 is 0 Å². The molecule has 0 bridgehead atoms. The molecule has 12 heteroatoms. The fourth-order valence-electron chi connectivity index (χ4n) is 4.72. The normalized spacial score (nSPS) is 11.6. The van der Waals surface area contributed by atoms with Crippen molar-refractivity contribution < 1.29 is 23.0 Å². The standard InChI is InChI=1S/C33H30F2N6O4/c1-4-40-28-15-26(21(16-36)17-37)30(13-20(28)18-38-40)45-29-11-7-23(14-27(29)35)39-32(42)25-10-12-31(44-19(2)3)41(33(25)43)24-8-5-22(34)6-9-24/h5-19,36H,4,37H2,1-3H3,(H,39,42)/b21-17+,36-16?. The Balaban J connectivity index is 1.44. The van der Waals surface area contributed by atoms with E-state index in [1.165, 1.54) is 59.3 Å². The minimum absolute atomic E-state index is 0.0713. The van der Waals surface area contributed by atoms with Crippen LogP contribution in [0.3, 0.4) is 0 Å². The summed E-state index contributed by atoms with van der Waals surface area (Å²) >= 11 is 0. The first-order chi connectivity index (χ1) is 21.6. The second-order valence-electron chi connectivity index (χ2n) is 10.2. The van der Waals surface area contributed by atoms with Crippen molar-refractivity contribution in [3.8, 4) is 23.1 Å². The Labute approximate surface area is 256 Å². The van der Waals surface area contributed by atoms with Gasteiger partial charge in [-0.05, 0) is 81.4 Å². The Hall–Kier alpha value is -5.78. The van der Waals surface area contributed by atoms with Crippen LogP contribution in [0.1, 0.15) is 36.7 Å². The molecule has 0 atom stereocenters. The zero-order chi connectivity index (χ0) is 32.2. The predicted octanol–water partition coefficient (Wildman–Crippen LogP) is 6.27. The van der Waals surface area contributed by atoms with Crippen molar-refractivity contribution in [2.45, 2.75) is 33.4 Å². The number of nitrogens with zero attached hydrogens (tertiary/aromatic N) is 3. The van der Waals surface area contributed by atoms with Crippen molar-refractivity contribution in [3.63, 3.8) is 0 Å². The zero-order valence-electron chi connectivity index (χ0n) is 24.7. The van der Waals surface area contributed by atoms with Crippen LogP contribution in [0, 0.1) is 17.0 Å². The van der Waals surface area contributed by atoms with Crippen molar-refractivity contribution in [2.24, 2.45) is 5.73 Å². The number of allylic oxidation sites excluding steroid dienone is 1. The van der Waals surface area contributed by atoms with Crippen LogP contribution >= 0.6 is 0 Å². The first-order valence-electron chi connectivity index (χ1n) is 14.0. The highest BCUT2D eigenvalue weighted by molar-refractivity contribution is 6.10. The zero-order valence-corrected chi connectivity index (χ0v) is 24.7. The number of carbonyl (C=O) groups is 1. The van der Waals surface area contributed by atoms with Gasteiger partial charge in [-0.1, -0.05) is 0 Å². The van der Waals surface area contributed by atoms with Gasteiger partial charge in [-0.3, -0.25) is 14.3 Å². The number of nitrogens with one attached hydrogen (secondary N) is 2. The Morgan fingerprint density at radius 1 is 1.04 bits per heavy atom. The number of benzene rings is 3. The third kappa shape index (κ3) is 6.30.